The molecule has 1 amide bonds. The van der Waals surface area contributed by atoms with E-state index >= 15 is 0 Å². The van der Waals surface area contributed by atoms with Crippen molar-refractivity contribution in [2.75, 3.05) is 36.2 Å². The zero-order chi connectivity index (χ0) is 16.8. The van der Waals surface area contributed by atoms with Crippen molar-refractivity contribution in [2.45, 2.75) is 17.7 Å². The molecule has 0 saturated carbocycles. The number of benzene rings is 2. The third-order valence-electron chi connectivity index (χ3n) is 4.03. The van der Waals surface area contributed by atoms with Crippen LogP contribution in [0.1, 0.15) is 12.8 Å². The van der Waals surface area contributed by atoms with Gasteiger partial charge in [0.1, 0.15) is 5.75 Å². The highest BCUT2D eigenvalue weighted by atomic mass is 32.2. The van der Waals surface area contributed by atoms with Crippen molar-refractivity contribution < 1.29 is 9.53 Å². The number of thioether (sulfide) groups is 1. The summed E-state index contributed by atoms with van der Waals surface area (Å²) in [5.74, 6) is 1.18. The minimum Gasteiger partial charge on any atom is -0.497 e. The Morgan fingerprint density at radius 1 is 1.17 bits per heavy atom. The summed E-state index contributed by atoms with van der Waals surface area (Å²) < 4.78 is 5.19. The van der Waals surface area contributed by atoms with Crippen molar-refractivity contribution in [1.82, 2.24) is 0 Å². The van der Waals surface area contributed by atoms with E-state index in [0.717, 1.165) is 29.4 Å². The quantitative estimate of drug-likeness (QED) is 0.805. The predicted molar refractivity (Wildman–Crippen MR) is 100 cm³/mol. The Hall–Kier alpha value is -2.14. The normalized spacial score (nSPS) is 13.8. The molecule has 2 aromatic carbocycles. The SMILES string of the molecule is COc1cccc(SCC(=O)Nc2ccc(N3CCCC3)cc2)c1. The van der Waals surface area contributed by atoms with Crippen LogP contribution in [0.3, 0.4) is 0 Å². The van der Waals surface area contributed by atoms with E-state index in [9.17, 15) is 4.79 Å². The number of amides is 1. The van der Waals surface area contributed by atoms with Gasteiger partial charge in [0.05, 0.1) is 12.9 Å². The number of methoxy groups -OCH3 is 1. The summed E-state index contributed by atoms with van der Waals surface area (Å²) in [6.07, 6.45) is 2.53. The fraction of sp³-hybridized carbons (Fsp3) is 0.316. The largest absolute Gasteiger partial charge is 0.497 e. The molecule has 0 spiro atoms. The lowest BCUT2D eigenvalue weighted by atomic mass is 10.2. The first-order valence-corrected chi connectivity index (χ1v) is 9.15. The fourth-order valence-electron chi connectivity index (χ4n) is 2.77. The van der Waals surface area contributed by atoms with Gasteiger partial charge in [-0.25, -0.2) is 0 Å². The Labute approximate surface area is 147 Å². The first-order valence-electron chi connectivity index (χ1n) is 8.16. The van der Waals surface area contributed by atoms with Crippen LogP contribution >= 0.6 is 11.8 Å². The number of hydrogen-bond acceptors (Lipinski definition) is 4. The molecule has 1 N–H and O–H groups in total. The first-order chi connectivity index (χ1) is 11.7. The maximum atomic E-state index is 12.1. The average molecular weight is 342 g/mol. The van der Waals surface area contributed by atoms with Crippen molar-refractivity contribution in [3.05, 3.63) is 48.5 Å². The molecule has 1 saturated heterocycles. The van der Waals surface area contributed by atoms with Gasteiger partial charge in [-0.3, -0.25) is 4.79 Å². The van der Waals surface area contributed by atoms with Gasteiger partial charge in [0.25, 0.3) is 0 Å². The van der Waals surface area contributed by atoms with Gasteiger partial charge in [0.2, 0.25) is 5.91 Å². The molecule has 3 rings (SSSR count). The Bertz CT molecular complexity index is 682. The molecule has 0 unspecified atom stereocenters. The fourth-order valence-corrected chi connectivity index (χ4v) is 3.51. The van der Waals surface area contributed by atoms with Crippen LogP contribution in [-0.4, -0.2) is 31.9 Å². The molecule has 0 bridgehead atoms. The molecule has 0 radical (unpaired) electrons. The molecule has 1 fully saturated rings. The van der Waals surface area contributed by atoms with E-state index in [-0.39, 0.29) is 5.91 Å². The second kappa shape index (κ2) is 8.11. The summed E-state index contributed by atoms with van der Waals surface area (Å²) in [5.41, 5.74) is 2.07. The van der Waals surface area contributed by atoms with E-state index in [0.29, 0.717) is 5.75 Å². The van der Waals surface area contributed by atoms with E-state index < -0.39 is 0 Å². The van der Waals surface area contributed by atoms with Crippen LogP contribution in [0.2, 0.25) is 0 Å². The second-order valence-electron chi connectivity index (χ2n) is 5.76. The summed E-state index contributed by atoms with van der Waals surface area (Å²) >= 11 is 1.50. The first kappa shape index (κ1) is 16.7. The third-order valence-corrected chi connectivity index (χ3v) is 5.03. The van der Waals surface area contributed by atoms with Gasteiger partial charge in [-0.2, -0.15) is 0 Å². The molecular weight excluding hydrogens is 320 g/mol. The average Bonchev–Trinajstić information content (AvgIpc) is 3.15. The minimum absolute atomic E-state index is 0.00302. The molecule has 1 aliphatic heterocycles. The molecule has 4 nitrogen and oxygen atoms in total. The number of nitrogens with zero attached hydrogens (tertiary/aromatic N) is 1. The van der Waals surface area contributed by atoms with Crippen LogP contribution in [0, 0.1) is 0 Å². The van der Waals surface area contributed by atoms with E-state index in [1.807, 2.05) is 36.4 Å². The maximum absolute atomic E-state index is 12.1. The van der Waals surface area contributed by atoms with Crippen LogP contribution in [0.4, 0.5) is 11.4 Å². The molecule has 0 aromatic heterocycles. The topological polar surface area (TPSA) is 41.6 Å². The number of nitrogens with one attached hydrogen (secondary N) is 1. The second-order valence-corrected chi connectivity index (χ2v) is 6.81. The molecule has 5 heteroatoms. The number of hydrogen-bond donors (Lipinski definition) is 1. The van der Waals surface area contributed by atoms with Crippen molar-refractivity contribution in [3.63, 3.8) is 0 Å². The summed E-state index contributed by atoms with van der Waals surface area (Å²) in [4.78, 5) is 15.5. The Morgan fingerprint density at radius 3 is 2.62 bits per heavy atom. The predicted octanol–water partition coefficient (Wildman–Crippen LogP) is 4.03. The Balaban J connectivity index is 1.50. The van der Waals surface area contributed by atoms with E-state index in [1.54, 1.807) is 7.11 Å². The Kier molecular flexibility index (Phi) is 5.64. The zero-order valence-corrected chi connectivity index (χ0v) is 14.6. The van der Waals surface area contributed by atoms with Crippen LogP contribution in [0.25, 0.3) is 0 Å². The van der Waals surface area contributed by atoms with Gasteiger partial charge >= 0.3 is 0 Å². The molecular formula is C19H22N2O2S. The van der Waals surface area contributed by atoms with Crippen LogP contribution < -0.4 is 15.0 Å². The van der Waals surface area contributed by atoms with Gasteiger partial charge in [0, 0.05) is 29.4 Å². The lowest BCUT2D eigenvalue weighted by molar-refractivity contribution is -0.113. The number of carbonyl (C=O) groups excluding carboxylic acids is 1. The van der Waals surface area contributed by atoms with Crippen LogP contribution in [0.5, 0.6) is 5.75 Å². The summed E-state index contributed by atoms with van der Waals surface area (Å²) in [5, 5.41) is 2.95. The number of carbonyl (C=O) groups is 1. The highest BCUT2D eigenvalue weighted by Crippen LogP contribution is 2.24. The van der Waals surface area contributed by atoms with Crippen LogP contribution in [0.15, 0.2) is 53.4 Å². The maximum Gasteiger partial charge on any atom is 0.234 e. The zero-order valence-electron chi connectivity index (χ0n) is 13.8. The summed E-state index contributed by atoms with van der Waals surface area (Å²) in [6, 6.07) is 15.8. The smallest absolute Gasteiger partial charge is 0.234 e. The van der Waals surface area contributed by atoms with Crippen molar-refractivity contribution >= 4 is 29.0 Å². The monoisotopic (exact) mass is 342 g/mol. The minimum atomic E-state index is -0.00302. The lowest BCUT2D eigenvalue weighted by Crippen LogP contribution is -2.18. The van der Waals surface area contributed by atoms with Crippen molar-refractivity contribution in [3.8, 4) is 5.75 Å². The van der Waals surface area contributed by atoms with E-state index in [2.05, 4.69) is 22.3 Å². The molecule has 0 atom stereocenters. The number of ether oxygens (including phenoxy) is 1. The van der Waals surface area contributed by atoms with Gasteiger partial charge in [-0.15, -0.1) is 11.8 Å². The van der Waals surface area contributed by atoms with Gasteiger partial charge in [-0.05, 0) is 55.3 Å². The highest BCUT2D eigenvalue weighted by Gasteiger charge is 2.12. The van der Waals surface area contributed by atoms with Gasteiger partial charge in [0.15, 0.2) is 0 Å². The van der Waals surface area contributed by atoms with E-state index in [4.69, 9.17) is 4.74 Å². The summed E-state index contributed by atoms with van der Waals surface area (Å²) in [6.45, 7) is 2.26. The van der Waals surface area contributed by atoms with Gasteiger partial charge < -0.3 is 15.0 Å². The van der Waals surface area contributed by atoms with Gasteiger partial charge in [-0.1, -0.05) is 6.07 Å². The van der Waals surface area contributed by atoms with Crippen LogP contribution in [-0.2, 0) is 4.79 Å². The number of rotatable bonds is 6. The molecule has 1 heterocycles. The van der Waals surface area contributed by atoms with Crippen molar-refractivity contribution in [2.24, 2.45) is 0 Å². The van der Waals surface area contributed by atoms with E-state index in [1.165, 1.54) is 30.3 Å². The molecule has 24 heavy (non-hydrogen) atoms. The molecule has 2 aromatic rings. The molecule has 1 aliphatic rings. The van der Waals surface area contributed by atoms with Crippen molar-refractivity contribution in [1.29, 1.82) is 0 Å². The lowest BCUT2D eigenvalue weighted by Gasteiger charge is -2.17. The molecule has 0 aliphatic carbocycles. The number of anilines is 2. The highest BCUT2D eigenvalue weighted by molar-refractivity contribution is 8.00. The Morgan fingerprint density at radius 2 is 1.92 bits per heavy atom. The standard InChI is InChI=1S/C19H22N2O2S/c1-23-17-5-4-6-18(13-17)24-14-19(22)20-15-7-9-16(10-8-15)21-11-2-3-12-21/h4-10,13H,2-3,11-12,14H2,1H3,(H,20,22). The summed E-state index contributed by atoms with van der Waals surface area (Å²) in [7, 11) is 1.64. The molecule has 126 valence electrons. The third kappa shape index (κ3) is 4.45.